The van der Waals surface area contributed by atoms with Gasteiger partial charge in [0.15, 0.2) is 12.3 Å². The second-order valence-corrected chi connectivity index (χ2v) is 6.77. The van der Waals surface area contributed by atoms with E-state index in [0.717, 1.165) is 5.56 Å². The predicted octanol–water partition coefficient (Wildman–Crippen LogP) is 4.91. The second kappa shape index (κ2) is 8.31. The Bertz CT molecular complexity index is 945. The monoisotopic (exact) mass is 406 g/mol. The molecule has 132 valence electrons. The molecule has 0 aliphatic rings. The van der Waals surface area contributed by atoms with E-state index in [1.54, 1.807) is 23.6 Å². The number of carbonyl (C=O) groups excluding carboxylic acids is 2. The molecule has 1 amide bonds. The summed E-state index contributed by atoms with van der Waals surface area (Å²) < 4.78 is 5.00. The number of halogens is 2. The number of aromatic nitrogens is 1. The van der Waals surface area contributed by atoms with Gasteiger partial charge >= 0.3 is 5.97 Å². The zero-order valence-electron chi connectivity index (χ0n) is 13.2. The molecule has 3 aromatic rings. The van der Waals surface area contributed by atoms with Crippen LogP contribution in [-0.4, -0.2) is 23.5 Å². The molecule has 2 aromatic carbocycles. The summed E-state index contributed by atoms with van der Waals surface area (Å²) in [5.74, 6) is -1.20. The molecule has 0 saturated carbocycles. The molecule has 5 nitrogen and oxygen atoms in total. The first-order valence-corrected chi connectivity index (χ1v) is 9.10. The first-order valence-electron chi connectivity index (χ1n) is 7.46. The molecule has 0 bridgehead atoms. The lowest BCUT2D eigenvalue weighted by atomic mass is 10.2. The van der Waals surface area contributed by atoms with E-state index in [-0.39, 0.29) is 10.7 Å². The van der Waals surface area contributed by atoms with Crippen LogP contribution >= 0.6 is 34.5 Å². The number of esters is 1. The number of nitrogens with one attached hydrogen (secondary N) is 1. The number of amides is 1. The highest BCUT2D eigenvalue weighted by molar-refractivity contribution is 7.13. The van der Waals surface area contributed by atoms with Gasteiger partial charge in [0.2, 0.25) is 0 Å². The van der Waals surface area contributed by atoms with Crippen LogP contribution in [0.5, 0.6) is 0 Å². The van der Waals surface area contributed by atoms with Gasteiger partial charge < -0.3 is 10.1 Å². The van der Waals surface area contributed by atoms with Crippen LogP contribution in [0.1, 0.15) is 10.5 Å². The Hall–Kier alpha value is -2.41. The largest absolute Gasteiger partial charge is 0.451 e. The van der Waals surface area contributed by atoms with Crippen LogP contribution in [0.15, 0.2) is 53.9 Å². The van der Waals surface area contributed by atoms with Crippen molar-refractivity contribution in [3.63, 3.8) is 0 Å². The van der Waals surface area contributed by atoms with Crippen molar-refractivity contribution in [2.45, 2.75) is 0 Å². The summed E-state index contributed by atoms with van der Waals surface area (Å²) in [5.41, 5.74) is 1.41. The van der Waals surface area contributed by atoms with Gasteiger partial charge in [-0.05, 0) is 12.1 Å². The topological polar surface area (TPSA) is 68.3 Å². The van der Waals surface area contributed by atoms with Crippen LogP contribution in [0, 0.1) is 0 Å². The molecule has 26 heavy (non-hydrogen) atoms. The standard InChI is InChI=1S/C18H12Cl2N2O3S/c19-12-7-4-8-13(16(12)20)21-15(23)9-25-18(24)14-10-26-17(22-14)11-5-2-1-3-6-11/h1-8,10H,9H2,(H,21,23). The summed E-state index contributed by atoms with van der Waals surface area (Å²) in [6.07, 6.45) is 0. The van der Waals surface area contributed by atoms with Gasteiger partial charge in [0.05, 0.1) is 15.7 Å². The lowest BCUT2D eigenvalue weighted by molar-refractivity contribution is -0.119. The quantitative estimate of drug-likeness (QED) is 0.610. The van der Waals surface area contributed by atoms with Crippen LogP contribution in [0.4, 0.5) is 5.69 Å². The van der Waals surface area contributed by atoms with Crippen LogP contribution in [0.25, 0.3) is 10.6 Å². The summed E-state index contributed by atoms with van der Waals surface area (Å²) in [5, 5.41) is 5.37. The van der Waals surface area contributed by atoms with Crippen molar-refractivity contribution in [3.8, 4) is 10.6 Å². The number of thiazole rings is 1. The van der Waals surface area contributed by atoms with Crippen molar-refractivity contribution in [1.29, 1.82) is 0 Å². The smallest absolute Gasteiger partial charge is 0.358 e. The molecule has 0 unspecified atom stereocenters. The predicted molar refractivity (Wildman–Crippen MR) is 103 cm³/mol. The van der Waals surface area contributed by atoms with Gasteiger partial charge in [-0.15, -0.1) is 11.3 Å². The number of ether oxygens (including phenoxy) is 1. The molecule has 0 saturated heterocycles. The third-order valence-corrected chi connectivity index (χ3v) is 5.00. The Labute approximate surface area is 163 Å². The number of anilines is 1. The summed E-state index contributed by atoms with van der Waals surface area (Å²) >= 11 is 13.2. The number of carbonyl (C=O) groups is 2. The highest BCUT2D eigenvalue weighted by Crippen LogP contribution is 2.29. The molecule has 3 rings (SSSR count). The minimum absolute atomic E-state index is 0.155. The van der Waals surface area contributed by atoms with E-state index < -0.39 is 18.5 Å². The molecule has 1 aromatic heterocycles. The van der Waals surface area contributed by atoms with Crippen LogP contribution in [0.2, 0.25) is 10.0 Å². The van der Waals surface area contributed by atoms with Crippen LogP contribution in [0.3, 0.4) is 0 Å². The number of hydrogen-bond donors (Lipinski definition) is 1. The van der Waals surface area contributed by atoms with E-state index in [4.69, 9.17) is 27.9 Å². The summed E-state index contributed by atoms with van der Waals surface area (Å²) in [6.45, 7) is -0.458. The number of benzene rings is 2. The third kappa shape index (κ3) is 4.40. The van der Waals surface area contributed by atoms with Crippen LogP contribution in [-0.2, 0) is 9.53 Å². The minimum Gasteiger partial charge on any atom is -0.451 e. The Kier molecular flexibility index (Phi) is 5.88. The first-order chi connectivity index (χ1) is 12.5. The third-order valence-electron chi connectivity index (χ3n) is 3.29. The molecule has 0 aliphatic carbocycles. The molecule has 0 atom stereocenters. The van der Waals surface area contributed by atoms with Crippen molar-refractivity contribution in [2.24, 2.45) is 0 Å². The van der Waals surface area contributed by atoms with Gasteiger partial charge in [0.1, 0.15) is 5.01 Å². The van der Waals surface area contributed by atoms with E-state index in [1.165, 1.54) is 11.3 Å². The lowest BCUT2D eigenvalue weighted by Gasteiger charge is -2.08. The number of rotatable bonds is 5. The fourth-order valence-corrected chi connectivity index (χ4v) is 3.22. The zero-order valence-corrected chi connectivity index (χ0v) is 15.6. The summed E-state index contributed by atoms with van der Waals surface area (Å²) in [4.78, 5) is 28.2. The van der Waals surface area contributed by atoms with E-state index in [2.05, 4.69) is 10.3 Å². The maximum atomic E-state index is 12.1. The van der Waals surface area contributed by atoms with Gasteiger partial charge in [-0.1, -0.05) is 59.6 Å². The maximum Gasteiger partial charge on any atom is 0.358 e. The Morgan fingerprint density at radius 2 is 1.85 bits per heavy atom. The Morgan fingerprint density at radius 3 is 2.62 bits per heavy atom. The fourth-order valence-electron chi connectivity index (χ4n) is 2.07. The van der Waals surface area contributed by atoms with E-state index in [9.17, 15) is 9.59 Å². The van der Waals surface area contributed by atoms with Crippen LogP contribution < -0.4 is 5.32 Å². The van der Waals surface area contributed by atoms with Crippen molar-refractivity contribution >= 4 is 52.1 Å². The number of nitrogens with zero attached hydrogens (tertiary/aromatic N) is 1. The van der Waals surface area contributed by atoms with Crippen molar-refractivity contribution in [2.75, 3.05) is 11.9 Å². The molecule has 0 fully saturated rings. The van der Waals surface area contributed by atoms with Gasteiger partial charge in [0, 0.05) is 10.9 Å². The maximum absolute atomic E-state index is 12.1. The van der Waals surface area contributed by atoms with E-state index in [0.29, 0.717) is 15.7 Å². The van der Waals surface area contributed by atoms with Gasteiger partial charge in [-0.25, -0.2) is 9.78 Å². The molecule has 8 heteroatoms. The Balaban J connectivity index is 1.58. The average Bonchev–Trinajstić information content (AvgIpc) is 3.14. The summed E-state index contributed by atoms with van der Waals surface area (Å²) in [6, 6.07) is 14.3. The molecule has 0 spiro atoms. The van der Waals surface area contributed by atoms with Crippen molar-refractivity contribution in [1.82, 2.24) is 4.98 Å². The second-order valence-electron chi connectivity index (χ2n) is 5.13. The molecule has 0 radical (unpaired) electrons. The lowest BCUT2D eigenvalue weighted by Crippen LogP contribution is -2.21. The highest BCUT2D eigenvalue weighted by atomic mass is 35.5. The average molecular weight is 407 g/mol. The van der Waals surface area contributed by atoms with Gasteiger partial charge in [-0.3, -0.25) is 4.79 Å². The number of hydrogen-bond acceptors (Lipinski definition) is 5. The molecular formula is C18H12Cl2N2O3S. The molecule has 1 N–H and O–H groups in total. The van der Waals surface area contributed by atoms with Gasteiger partial charge in [-0.2, -0.15) is 0 Å². The molecular weight excluding hydrogens is 395 g/mol. The van der Waals surface area contributed by atoms with E-state index in [1.807, 2.05) is 30.3 Å². The zero-order chi connectivity index (χ0) is 18.5. The molecule has 1 heterocycles. The van der Waals surface area contributed by atoms with Crippen molar-refractivity contribution < 1.29 is 14.3 Å². The first kappa shape index (κ1) is 18.4. The fraction of sp³-hybridized carbons (Fsp3) is 0.0556. The highest BCUT2D eigenvalue weighted by Gasteiger charge is 2.15. The Morgan fingerprint density at radius 1 is 1.08 bits per heavy atom. The van der Waals surface area contributed by atoms with E-state index >= 15 is 0 Å². The SMILES string of the molecule is O=C(COC(=O)c1csc(-c2ccccc2)n1)Nc1cccc(Cl)c1Cl. The van der Waals surface area contributed by atoms with Gasteiger partial charge in [0.25, 0.3) is 5.91 Å². The summed E-state index contributed by atoms with van der Waals surface area (Å²) in [7, 11) is 0. The van der Waals surface area contributed by atoms with Crippen molar-refractivity contribution in [3.05, 3.63) is 69.7 Å². The normalized spacial score (nSPS) is 10.4. The molecule has 0 aliphatic heterocycles. The minimum atomic E-state index is -0.671.